The number of pyridine rings is 1. The van der Waals surface area contributed by atoms with Gasteiger partial charge in [0.1, 0.15) is 17.2 Å². The number of hydrogen-bond acceptors (Lipinski definition) is 5. The van der Waals surface area contributed by atoms with Crippen molar-refractivity contribution in [1.29, 1.82) is 0 Å². The van der Waals surface area contributed by atoms with E-state index < -0.39 is 11.8 Å². The highest BCUT2D eigenvalue weighted by Gasteiger charge is 2.17. The van der Waals surface area contributed by atoms with Crippen LogP contribution < -0.4 is 9.64 Å². The Bertz CT molecular complexity index is 1290. The number of ether oxygens (including phenoxy) is 1. The summed E-state index contributed by atoms with van der Waals surface area (Å²) in [6.07, 6.45) is 1.59. The summed E-state index contributed by atoms with van der Waals surface area (Å²) >= 11 is 5.95. The quantitative estimate of drug-likeness (QED) is 0.331. The Kier molecular flexibility index (Phi) is 6.38. The number of ketones is 1. The molecule has 164 valence electrons. The van der Waals surface area contributed by atoms with Gasteiger partial charge in [-0.1, -0.05) is 29.8 Å². The predicted molar refractivity (Wildman–Crippen MR) is 127 cm³/mol. The smallest absolute Gasteiger partial charge is 0.335 e. The number of carboxylic acid groups (broad SMARTS) is 1. The van der Waals surface area contributed by atoms with Crippen LogP contribution in [0.5, 0.6) is 11.5 Å². The van der Waals surface area contributed by atoms with E-state index in [1.165, 1.54) is 18.2 Å². The highest BCUT2D eigenvalue weighted by molar-refractivity contribution is 6.30. The number of rotatable bonds is 7. The molecule has 1 heterocycles. The van der Waals surface area contributed by atoms with Crippen LogP contribution in [-0.2, 0) is 0 Å². The van der Waals surface area contributed by atoms with Gasteiger partial charge in [-0.15, -0.1) is 0 Å². The molecule has 0 unspecified atom stereocenters. The van der Waals surface area contributed by atoms with E-state index in [1.807, 2.05) is 30.1 Å². The van der Waals surface area contributed by atoms with Crippen molar-refractivity contribution in [2.24, 2.45) is 0 Å². The first-order chi connectivity index (χ1) is 15.9. The van der Waals surface area contributed by atoms with Gasteiger partial charge < -0.3 is 14.7 Å². The van der Waals surface area contributed by atoms with Crippen molar-refractivity contribution in [3.63, 3.8) is 0 Å². The fourth-order valence-corrected chi connectivity index (χ4v) is 3.34. The van der Waals surface area contributed by atoms with Crippen LogP contribution in [0.4, 0.5) is 11.4 Å². The zero-order chi connectivity index (χ0) is 23.4. The maximum atomic E-state index is 13.1. The van der Waals surface area contributed by atoms with Crippen LogP contribution in [0.2, 0.25) is 5.02 Å². The summed E-state index contributed by atoms with van der Waals surface area (Å²) in [5.41, 5.74) is 2.01. The topological polar surface area (TPSA) is 79.7 Å². The Labute approximate surface area is 195 Å². The lowest BCUT2D eigenvalue weighted by Gasteiger charge is -2.19. The minimum absolute atomic E-state index is 0.0501. The van der Waals surface area contributed by atoms with Gasteiger partial charge >= 0.3 is 5.97 Å². The average Bonchev–Trinajstić information content (AvgIpc) is 2.84. The van der Waals surface area contributed by atoms with Crippen LogP contribution in [0.25, 0.3) is 0 Å². The van der Waals surface area contributed by atoms with Crippen molar-refractivity contribution < 1.29 is 19.4 Å². The number of para-hydroxylation sites is 1. The zero-order valence-electron chi connectivity index (χ0n) is 17.6. The predicted octanol–water partition coefficient (Wildman–Crippen LogP) is 6.22. The van der Waals surface area contributed by atoms with Crippen LogP contribution in [-0.4, -0.2) is 28.9 Å². The Hall–Kier alpha value is -4.16. The summed E-state index contributed by atoms with van der Waals surface area (Å²) in [5, 5.41) is 10.1. The van der Waals surface area contributed by atoms with E-state index in [9.17, 15) is 14.7 Å². The summed E-state index contributed by atoms with van der Waals surface area (Å²) < 4.78 is 5.75. The summed E-state index contributed by atoms with van der Waals surface area (Å²) in [6, 6.07) is 23.9. The second kappa shape index (κ2) is 9.54. The highest BCUT2D eigenvalue weighted by Crippen LogP contribution is 2.27. The molecule has 0 radical (unpaired) electrons. The molecule has 0 aliphatic carbocycles. The SMILES string of the molecule is CN(c1ccc(Cl)cc1)c1ccc(C(=O)c2cc(Oc3ccccc3)cc(C(=O)O)c2)nc1. The third kappa shape index (κ3) is 5.19. The van der Waals surface area contributed by atoms with E-state index in [0.29, 0.717) is 10.8 Å². The van der Waals surface area contributed by atoms with Gasteiger partial charge in [-0.2, -0.15) is 0 Å². The second-order valence-electron chi connectivity index (χ2n) is 7.23. The molecule has 0 bridgehead atoms. The molecule has 3 aromatic carbocycles. The molecule has 0 saturated carbocycles. The summed E-state index contributed by atoms with van der Waals surface area (Å²) in [4.78, 5) is 30.9. The first-order valence-corrected chi connectivity index (χ1v) is 10.4. The first kappa shape index (κ1) is 22.0. The van der Waals surface area contributed by atoms with Gasteiger partial charge in [-0.05, 0) is 66.7 Å². The number of halogens is 1. The molecule has 0 atom stereocenters. The number of hydrogen-bond donors (Lipinski definition) is 1. The molecule has 0 aliphatic heterocycles. The summed E-state index contributed by atoms with van der Waals surface area (Å²) in [5.74, 6) is -0.776. The molecule has 0 saturated heterocycles. The number of nitrogens with zero attached hydrogens (tertiary/aromatic N) is 2. The number of benzene rings is 3. The molecular formula is C26H19ClN2O4. The number of anilines is 2. The van der Waals surface area contributed by atoms with Crippen LogP contribution in [0.3, 0.4) is 0 Å². The van der Waals surface area contributed by atoms with Crippen molar-refractivity contribution in [2.45, 2.75) is 0 Å². The van der Waals surface area contributed by atoms with Crippen LogP contribution in [0.15, 0.2) is 91.1 Å². The minimum Gasteiger partial charge on any atom is -0.478 e. The normalized spacial score (nSPS) is 10.5. The lowest BCUT2D eigenvalue weighted by Crippen LogP contribution is -2.11. The van der Waals surface area contributed by atoms with E-state index in [2.05, 4.69) is 4.98 Å². The molecule has 0 amide bonds. The molecule has 7 heteroatoms. The third-order valence-electron chi connectivity index (χ3n) is 4.98. The summed E-state index contributed by atoms with van der Waals surface area (Å²) in [6.45, 7) is 0. The minimum atomic E-state index is -1.16. The van der Waals surface area contributed by atoms with E-state index in [-0.39, 0.29) is 22.6 Å². The van der Waals surface area contributed by atoms with Crippen LogP contribution >= 0.6 is 11.6 Å². The fourth-order valence-electron chi connectivity index (χ4n) is 3.22. The molecule has 4 rings (SSSR count). The number of aromatic nitrogens is 1. The van der Waals surface area contributed by atoms with E-state index in [0.717, 1.165) is 11.4 Å². The molecule has 1 N–H and O–H groups in total. The molecule has 6 nitrogen and oxygen atoms in total. The van der Waals surface area contributed by atoms with Gasteiger partial charge in [0.15, 0.2) is 0 Å². The van der Waals surface area contributed by atoms with E-state index in [4.69, 9.17) is 16.3 Å². The Morgan fingerprint density at radius 3 is 2.15 bits per heavy atom. The first-order valence-electron chi connectivity index (χ1n) is 10.0. The van der Waals surface area contributed by atoms with E-state index >= 15 is 0 Å². The van der Waals surface area contributed by atoms with Crippen molar-refractivity contribution >= 4 is 34.7 Å². The number of carbonyl (C=O) groups excluding carboxylic acids is 1. The van der Waals surface area contributed by atoms with Crippen LogP contribution in [0.1, 0.15) is 26.4 Å². The van der Waals surface area contributed by atoms with Gasteiger partial charge in [-0.25, -0.2) is 4.79 Å². The Morgan fingerprint density at radius 1 is 0.848 bits per heavy atom. The molecule has 0 fully saturated rings. The van der Waals surface area contributed by atoms with Crippen molar-refractivity contribution in [3.8, 4) is 11.5 Å². The maximum Gasteiger partial charge on any atom is 0.335 e. The van der Waals surface area contributed by atoms with Gasteiger partial charge in [0.05, 0.1) is 17.4 Å². The zero-order valence-corrected chi connectivity index (χ0v) is 18.4. The summed E-state index contributed by atoms with van der Waals surface area (Å²) in [7, 11) is 1.88. The molecule has 4 aromatic rings. The van der Waals surface area contributed by atoms with Crippen molar-refractivity contribution in [1.82, 2.24) is 4.98 Å². The lowest BCUT2D eigenvalue weighted by molar-refractivity contribution is 0.0696. The van der Waals surface area contributed by atoms with Gasteiger partial charge in [-0.3, -0.25) is 9.78 Å². The van der Waals surface area contributed by atoms with E-state index in [1.54, 1.807) is 54.7 Å². The molecule has 0 spiro atoms. The standard InChI is InChI=1S/C26H19ClN2O4/c1-29(20-9-7-19(27)8-10-20)21-11-12-24(28-16-21)25(30)17-13-18(26(31)32)15-23(14-17)33-22-5-3-2-4-6-22/h2-16H,1H3,(H,31,32). The molecular weight excluding hydrogens is 440 g/mol. The molecule has 0 aliphatic rings. The van der Waals surface area contributed by atoms with Gasteiger partial charge in [0.2, 0.25) is 5.78 Å². The largest absolute Gasteiger partial charge is 0.478 e. The van der Waals surface area contributed by atoms with Crippen LogP contribution in [0, 0.1) is 0 Å². The maximum absolute atomic E-state index is 13.1. The van der Waals surface area contributed by atoms with Gasteiger partial charge in [0.25, 0.3) is 0 Å². The third-order valence-corrected chi connectivity index (χ3v) is 5.23. The lowest BCUT2D eigenvalue weighted by atomic mass is 10.0. The monoisotopic (exact) mass is 458 g/mol. The molecule has 1 aromatic heterocycles. The Balaban J connectivity index is 1.60. The number of carboxylic acids is 1. The highest BCUT2D eigenvalue weighted by atomic mass is 35.5. The van der Waals surface area contributed by atoms with Crippen molar-refractivity contribution in [2.75, 3.05) is 11.9 Å². The van der Waals surface area contributed by atoms with Gasteiger partial charge in [0, 0.05) is 23.3 Å². The fraction of sp³-hybridized carbons (Fsp3) is 0.0385. The molecule has 33 heavy (non-hydrogen) atoms. The Morgan fingerprint density at radius 2 is 1.52 bits per heavy atom. The number of carbonyl (C=O) groups is 2. The van der Waals surface area contributed by atoms with Crippen molar-refractivity contribution in [3.05, 3.63) is 113 Å². The number of aromatic carboxylic acids is 1. The second-order valence-corrected chi connectivity index (χ2v) is 7.67. The average molecular weight is 459 g/mol.